The lowest BCUT2D eigenvalue weighted by molar-refractivity contribution is -0.112. The third-order valence-corrected chi connectivity index (χ3v) is 4.38. The molecule has 0 aromatic carbocycles. The second kappa shape index (κ2) is 8.97. The van der Waals surface area contributed by atoms with E-state index < -0.39 is 0 Å². The summed E-state index contributed by atoms with van der Waals surface area (Å²) in [6.45, 7) is 0. The number of carbonyl (C=O) groups is 2. The zero-order chi connectivity index (χ0) is 11.8. The molecule has 6 heteroatoms. The molecule has 15 heavy (non-hydrogen) atoms. The smallest absolute Gasteiger partial charge is 0.235 e. The summed E-state index contributed by atoms with van der Waals surface area (Å²) in [6.07, 6.45) is 3.56. The topological polar surface area (TPSA) is 34.1 Å². The predicted octanol–water partition coefficient (Wildman–Crippen LogP) is 3.99. The van der Waals surface area contributed by atoms with Gasteiger partial charge in [0.1, 0.15) is 0 Å². The molecule has 88 valence electrons. The molecular formula is C9H12Br2Cl2O2. The molecule has 0 aromatic heterocycles. The Kier molecular flexibility index (Phi) is 9.49. The van der Waals surface area contributed by atoms with Gasteiger partial charge in [0, 0.05) is 11.2 Å². The molecule has 0 rings (SSSR count). The molecule has 2 unspecified atom stereocenters. The Hall–Kier alpha value is 0.880. The molecule has 0 aromatic rings. The predicted molar refractivity (Wildman–Crippen MR) is 70.2 cm³/mol. The number of carbonyl (C=O) groups excluding carboxylic acids is 2. The SMILES string of the molecule is O=C(Cl)CCCC(Br)CCC(Br)C(=O)Cl. The molecule has 0 saturated carbocycles. The molecule has 0 radical (unpaired) electrons. The molecule has 0 bridgehead atoms. The number of rotatable bonds is 8. The first kappa shape index (κ1) is 15.9. The minimum Gasteiger partial charge on any atom is -0.281 e. The third-order valence-electron chi connectivity index (χ3n) is 1.87. The van der Waals surface area contributed by atoms with E-state index >= 15 is 0 Å². The Balaban J connectivity index is 3.52. The standard InChI is InChI=1S/C9H12Br2Cl2O2/c10-6(2-1-3-8(12)14)4-5-7(11)9(13)15/h6-7H,1-5H2. The summed E-state index contributed by atoms with van der Waals surface area (Å²) in [7, 11) is 0. The maximum atomic E-state index is 10.7. The highest BCUT2D eigenvalue weighted by Crippen LogP contribution is 2.20. The van der Waals surface area contributed by atoms with E-state index in [-0.39, 0.29) is 15.3 Å². The second-order valence-electron chi connectivity index (χ2n) is 3.19. The van der Waals surface area contributed by atoms with Crippen LogP contribution in [0.3, 0.4) is 0 Å². The maximum absolute atomic E-state index is 10.7. The fourth-order valence-electron chi connectivity index (χ4n) is 1.05. The van der Waals surface area contributed by atoms with E-state index in [0.29, 0.717) is 17.7 Å². The first-order valence-electron chi connectivity index (χ1n) is 4.59. The molecule has 0 aliphatic rings. The maximum Gasteiger partial charge on any atom is 0.235 e. The van der Waals surface area contributed by atoms with Crippen LogP contribution in [0.4, 0.5) is 0 Å². The quantitative estimate of drug-likeness (QED) is 0.469. The van der Waals surface area contributed by atoms with Gasteiger partial charge in [-0.25, -0.2) is 0 Å². The van der Waals surface area contributed by atoms with E-state index in [1.54, 1.807) is 0 Å². The number of hydrogen-bond acceptors (Lipinski definition) is 2. The minimum absolute atomic E-state index is 0.283. The van der Waals surface area contributed by atoms with Crippen molar-refractivity contribution in [1.29, 1.82) is 0 Å². The van der Waals surface area contributed by atoms with Crippen molar-refractivity contribution in [3.05, 3.63) is 0 Å². The van der Waals surface area contributed by atoms with Crippen LogP contribution >= 0.6 is 55.1 Å². The Morgan fingerprint density at radius 3 is 2.13 bits per heavy atom. The number of alkyl halides is 2. The summed E-state index contributed by atoms with van der Waals surface area (Å²) >= 11 is 17.2. The lowest BCUT2D eigenvalue weighted by Crippen LogP contribution is -2.10. The Labute approximate surface area is 116 Å². The first-order chi connectivity index (χ1) is 6.93. The van der Waals surface area contributed by atoms with Crippen LogP contribution in [0.25, 0.3) is 0 Å². The van der Waals surface area contributed by atoms with Gasteiger partial charge in [-0.3, -0.25) is 9.59 Å². The Morgan fingerprint density at radius 2 is 1.67 bits per heavy atom. The normalized spacial score (nSPS) is 14.7. The van der Waals surface area contributed by atoms with E-state index in [1.807, 2.05) is 0 Å². The van der Waals surface area contributed by atoms with Gasteiger partial charge in [0.25, 0.3) is 0 Å². The minimum atomic E-state index is -0.370. The summed E-state index contributed by atoms with van der Waals surface area (Å²) in [4.78, 5) is 21.2. The van der Waals surface area contributed by atoms with E-state index in [9.17, 15) is 9.59 Å². The van der Waals surface area contributed by atoms with Crippen LogP contribution in [0.2, 0.25) is 0 Å². The van der Waals surface area contributed by atoms with Gasteiger partial charge >= 0.3 is 0 Å². The Bertz CT molecular complexity index is 224. The Morgan fingerprint density at radius 1 is 1.07 bits per heavy atom. The fourth-order valence-corrected chi connectivity index (χ4v) is 2.14. The van der Waals surface area contributed by atoms with Crippen molar-refractivity contribution in [1.82, 2.24) is 0 Å². The van der Waals surface area contributed by atoms with Gasteiger partial charge in [0.15, 0.2) is 0 Å². The van der Waals surface area contributed by atoms with Crippen LogP contribution < -0.4 is 0 Å². The van der Waals surface area contributed by atoms with Gasteiger partial charge < -0.3 is 0 Å². The highest BCUT2D eigenvalue weighted by molar-refractivity contribution is 9.10. The summed E-state index contributed by atoms with van der Waals surface area (Å²) < 4.78 is 0. The zero-order valence-corrected chi connectivity index (χ0v) is 12.7. The van der Waals surface area contributed by atoms with E-state index in [0.717, 1.165) is 19.3 Å². The van der Waals surface area contributed by atoms with Crippen LogP contribution in [-0.4, -0.2) is 20.1 Å². The van der Waals surface area contributed by atoms with E-state index in [2.05, 4.69) is 31.9 Å². The fraction of sp³-hybridized carbons (Fsp3) is 0.778. The van der Waals surface area contributed by atoms with Gasteiger partial charge in [0.05, 0.1) is 4.83 Å². The van der Waals surface area contributed by atoms with Crippen LogP contribution in [-0.2, 0) is 9.59 Å². The number of hydrogen-bond donors (Lipinski definition) is 0. The largest absolute Gasteiger partial charge is 0.281 e. The molecule has 2 atom stereocenters. The van der Waals surface area contributed by atoms with Crippen molar-refractivity contribution in [3.63, 3.8) is 0 Å². The second-order valence-corrected chi connectivity index (χ2v) is 6.39. The average molecular weight is 383 g/mol. The van der Waals surface area contributed by atoms with Gasteiger partial charge in [0.2, 0.25) is 10.5 Å². The summed E-state index contributed by atoms with van der Waals surface area (Å²) in [5.74, 6) is 0. The third kappa shape index (κ3) is 9.79. The number of halogens is 4. The molecular weight excluding hydrogens is 371 g/mol. The lowest BCUT2D eigenvalue weighted by atomic mass is 10.1. The molecule has 0 spiro atoms. The van der Waals surface area contributed by atoms with Crippen LogP contribution in [0, 0.1) is 0 Å². The lowest BCUT2D eigenvalue weighted by Gasteiger charge is -2.10. The summed E-state index contributed by atoms with van der Waals surface area (Å²) in [5.41, 5.74) is 0. The highest BCUT2D eigenvalue weighted by Gasteiger charge is 2.14. The molecule has 0 amide bonds. The molecule has 2 nitrogen and oxygen atoms in total. The van der Waals surface area contributed by atoms with Crippen molar-refractivity contribution >= 4 is 65.5 Å². The van der Waals surface area contributed by atoms with Gasteiger partial charge in [-0.05, 0) is 48.9 Å². The van der Waals surface area contributed by atoms with Crippen molar-refractivity contribution in [2.75, 3.05) is 0 Å². The summed E-state index contributed by atoms with van der Waals surface area (Å²) in [6, 6.07) is 0. The van der Waals surface area contributed by atoms with Crippen LogP contribution in [0.15, 0.2) is 0 Å². The van der Waals surface area contributed by atoms with Gasteiger partial charge in [-0.15, -0.1) is 0 Å². The molecule has 0 aliphatic heterocycles. The monoisotopic (exact) mass is 380 g/mol. The average Bonchev–Trinajstić information content (AvgIpc) is 2.13. The van der Waals surface area contributed by atoms with Crippen LogP contribution in [0.1, 0.15) is 32.1 Å². The van der Waals surface area contributed by atoms with Crippen molar-refractivity contribution in [2.24, 2.45) is 0 Å². The van der Waals surface area contributed by atoms with Gasteiger partial charge in [-0.2, -0.15) is 0 Å². The van der Waals surface area contributed by atoms with Crippen molar-refractivity contribution in [2.45, 2.75) is 41.8 Å². The zero-order valence-electron chi connectivity index (χ0n) is 8.02. The molecule has 0 heterocycles. The van der Waals surface area contributed by atoms with Crippen LogP contribution in [0.5, 0.6) is 0 Å². The van der Waals surface area contributed by atoms with Gasteiger partial charge in [-0.1, -0.05) is 31.9 Å². The molecule has 0 N–H and O–H groups in total. The molecule has 0 saturated heterocycles. The summed E-state index contributed by atoms with van der Waals surface area (Å²) in [5, 5.41) is -0.672. The highest BCUT2D eigenvalue weighted by atomic mass is 79.9. The molecule has 0 aliphatic carbocycles. The molecule has 0 fully saturated rings. The van der Waals surface area contributed by atoms with Crippen molar-refractivity contribution < 1.29 is 9.59 Å². The van der Waals surface area contributed by atoms with Crippen molar-refractivity contribution in [3.8, 4) is 0 Å². The van der Waals surface area contributed by atoms with E-state index in [4.69, 9.17) is 23.2 Å². The first-order valence-corrected chi connectivity index (χ1v) is 7.18. The van der Waals surface area contributed by atoms with E-state index in [1.165, 1.54) is 0 Å².